The molecule has 1 N–H and O–H groups in total. The minimum atomic E-state index is -1.95. The van der Waals surface area contributed by atoms with Crippen molar-refractivity contribution in [1.82, 2.24) is 0 Å². The lowest BCUT2D eigenvalue weighted by molar-refractivity contribution is -0.115. The quantitative estimate of drug-likeness (QED) is 0.756. The molecule has 1 amide bonds. The van der Waals surface area contributed by atoms with Gasteiger partial charge in [-0.3, -0.25) is 9.69 Å². The van der Waals surface area contributed by atoms with E-state index in [2.05, 4.69) is 11.6 Å². The first-order valence-corrected chi connectivity index (χ1v) is 8.89. The Hall–Kier alpha value is -1.05. The number of hydrogen-bond acceptors (Lipinski definition) is 5. The van der Waals surface area contributed by atoms with Crippen molar-refractivity contribution < 1.29 is 14.6 Å². The van der Waals surface area contributed by atoms with Gasteiger partial charge in [-0.1, -0.05) is 53.7 Å². The maximum absolute atomic E-state index is 12.3. The number of hydrogen-bond donors (Lipinski definition) is 1. The number of aliphatic hydroxyl groups is 1. The molecule has 5 nitrogen and oxygen atoms in total. The number of rotatable bonds is 6. The summed E-state index contributed by atoms with van der Waals surface area (Å²) in [5.41, 5.74) is 3.08. The van der Waals surface area contributed by atoms with Crippen LogP contribution in [0.25, 0.3) is 0 Å². The van der Waals surface area contributed by atoms with Crippen molar-refractivity contribution in [3.63, 3.8) is 0 Å². The molecule has 1 aromatic carbocycles. The van der Waals surface area contributed by atoms with Crippen LogP contribution in [0, 0.1) is 6.92 Å². The second-order valence-electron chi connectivity index (χ2n) is 5.44. The Balaban J connectivity index is 2.32. The third-order valence-electron chi connectivity index (χ3n) is 3.07. The lowest BCUT2D eigenvalue weighted by atomic mass is 10.1. The number of carbonyl (C=O) groups is 1. The van der Waals surface area contributed by atoms with Gasteiger partial charge in [-0.05, 0) is 25.5 Å². The van der Waals surface area contributed by atoms with Gasteiger partial charge < -0.3 is 9.84 Å². The molecule has 0 aliphatic carbocycles. The SMILES string of the molecule is C=C(C)N=C1SCC(=O)N1c1cc(C)ccc1COCC(O)(Cl)Cl. The van der Waals surface area contributed by atoms with Gasteiger partial charge >= 0.3 is 0 Å². The van der Waals surface area contributed by atoms with Gasteiger partial charge in [0, 0.05) is 11.3 Å². The fourth-order valence-corrected chi connectivity index (χ4v) is 3.22. The smallest absolute Gasteiger partial charge is 0.243 e. The van der Waals surface area contributed by atoms with Gasteiger partial charge in [-0.25, -0.2) is 4.99 Å². The molecule has 1 aromatic rings. The number of amides is 1. The topological polar surface area (TPSA) is 62.1 Å². The Morgan fingerprint density at radius 2 is 2.25 bits per heavy atom. The summed E-state index contributed by atoms with van der Waals surface area (Å²) < 4.78 is 3.41. The molecular formula is C16H18Cl2N2O3S. The van der Waals surface area contributed by atoms with Crippen LogP contribution in [0.4, 0.5) is 5.69 Å². The Kier molecular flexibility index (Phi) is 6.33. The van der Waals surface area contributed by atoms with Gasteiger partial charge in [0.2, 0.25) is 10.4 Å². The van der Waals surface area contributed by atoms with Gasteiger partial charge in [-0.2, -0.15) is 0 Å². The summed E-state index contributed by atoms with van der Waals surface area (Å²) in [5, 5.41) is 9.90. The summed E-state index contributed by atoms with van der Waals surface area (Å²) in [6.07, 6.45) is 0. The third kappa shape index (κ3) is 5.22. The summed E-state index contributed by atoms with van der Waals surface area (Å²) in [6, 6.07) is 5.67. The molecule has 1 heterocycles. The zero-order valence-electron chi connectivity index (χ0n) is 13.4. The number of halogens is 2. The van der Waals surface area contributed by atoms with Crippen molar-refractivity contribution >= 4 is 51.7 Å². The van der Waals surface area contributed by atoms with E-state index in [0.29, 0.717) is 22.3 Å². The highest BCUT2D eigenvalue weighted by atomic mass is 35.5. The van der Waals surface area contributed by atoms with E-state index in [9.17, 15) is 9.90 Å². The van der Waals surface area contributed by atoms with Crippen LogP contribution in [0.15, 0.2) is 35.5 Å². The van der Waals surface area contributed by atoms with E-state index in [1.807, 2.05) is 25.1 Å². The van der Waals surface area contributed by atoms with Crippen molar-refractivity contribution in [2.45, 2.75) is 25.0 Å². The minimum Gasteiger partial charge on any atom is -0.371 e. The van der Waals surface area contributed by atoms with E-state index in [1.165, 1.54) is 11.8 Å². The molecule has 130 valence electrons. The van der Waals surface area contributed by atoms with Gasteiger partial charge in [0.05, 0.1) is 18.0 Å². The van der Waals surface area contributed by atoms with Gasteiger partial charge in [0.25, 0.3) is 0 Å². The average molecular weight is 389 g/mol. The predicted octanol–water partition coefficient (Wildman–Crippen LogP) is 3.60. The second-order valence-corrected chi connectivity index (χ2v) is 7.82. The molecule has 0 aromatic heterocycles. The molecule has 8 heteroatoms. The van der Waals surface area contributed by atoms with Crippen LogP contribution in [0.5, 0.6) is 0 Å². The molecule has 1 aliphatic heterocycles. The van der Waals surface area contributed by atoms with E-state index in [4.69, 9.17) is 27.9 Å². The number of carbonyl (C=O) groups excluding carboxylic acids is 1. The van der Waals surface area contributed by atoms with Crippen LogP contribution >= 0.6 is 35.0 Å². The maximum atomic E-state index is 12.3. The van der Waals surface area contributed by atoms with Crippen LogP contribution in [0.3, 0.4) is 0 Å². The van der Waals surface area contributed by atoms with Gasteiger partial charge in [0.1, 0.15) is 6.61 Å². The molecule has 0 saturated carbocycles. The fourth-order valence-electron chi connectivity index (χ4n) is 2.13. The van der Waals surface area contributed by atoms with Crippen molar-refractivity contribution in [2.24, 2.45) is 4.99 Å². The molecule has 24 heavy (non-hydrogen) atoms. The maximum Gasteiger partial charge on any atom is 0.243 e. The van der Waals surface area contributed by atoms with Crippen LogP contribution in [-0.2, 0) is 16.1 Å². The molecule has 2 rings (SSSR count). The predicted molar refractivity (Wildman–Crippen MR) is 99.7 cm³/mol. The number of aryl methyl sites for hydroxylation is 1. The Morgan fingerprint density at radius 3 is 2.88 bits per heavy atom. The Bertz CT molecular complexity index is 686. The molecule has 0 spiro atoms. The van der Waals surface area contributed by atoms with E-state index in [-0.39, 0.29) is 19.1 Å². The Labute approximate surface area is 155 Å². The Morgan fingerprint density at radius 1 is 1.54 bits per heavy atom. The summed E-state index contributed by atoms with van der Waals surface area (Å²) >= 11 is 12.4. The molecule has 1 saturated heterocycles. The highest BCUT2D eigenvalue weighted by Crippen LogP contribution is 2.31. The van der Waals surface area contributed by atoms with Crippen LogP contribution in [0.2, 0.25) is 0 Å². The number of aliphatic imine (C=N–C) groups is 1. The third-order valence-corrected chi connectivity index (χ3v) is 4.21. The van der Waals surface area contributed by atoms with Crippen LogP contribution in [-0.4, -0.2) is 33.1 Å². The molecule has 1 aliphatic rings. The van der Waals surface area contributed by atoms with Gasteiger partial charge in [-0.15, -0.1) is 0 Å². The number of nitrogens with zero attached hydrogens (tertiary/aromatic N) is 2. The van der Waals surface area contributed by atoms with E-state index >= 15 is 0 Å². The van der Waals surface area contributed by atoms with Gasteiger partial charge in [0.15, 0.2) is 5.17 Å². The summed E-state index contributed by atoms with van der Waals surface area (Å²) in [4.78, 5) is 18.2. The highest BCUT2D eigenvalue weighted by molar-refractivity contribution is 8.15. The fraction of sp³-hybridized carbons (Fsp3) is 0.375. The highest BCUT2D eigenvalue weighted by Gasteiger charge is 2.31. The summed E-state index contributed by atoms with van der Waals surface area (Å²) in [7, 11) is 0. The van der Waals surface area contributed by atoms with E-state index in [1.54, 1.807) is 11.8 Å². The van der Waals surface area contributed by atoms with Crippen molar-refractivity contribution in [1.29, 1.82) is 0 Å². The molecule has 1 fully saturated rings. The molecule has 0 unspecified atom stereocenters. The molecule has 0 atom stereocenters. The monoisotopic (exact) mass is 388 g/mol. The summed E-state index contributed by atoms with van der Waals surface area (Å²) in [5.74, 6) is 0.266. The number of ether oxygens (including phenoxy) is 1. The molecule has 0 radical (unpaired) electrons. The number of thioether (sulfide) groups is 1. The first-order valence-electron chi connectivity index (χ1n) is 7.15. The minimum absolute atomic E-state index is 0.0574. The van der Waals surface area contributed by atoms with E-state index < -0.39 is 4.52 Å². The zero-order valence-corrected chi connectivity index (χ0v) is 15.7. The van der Waals surface area contributed by atoms with E-state index in [0.717, 1.165) is 11.1 Å². The summed E-state index contributed by atoms with van der Waals surface area (Å²) in [6.45, 7) is 7.37. The van der Waals surface area contributed by atoms with Crippen molar-refractivity contribution in [3.8, 4) is 0 Å². The molecular weight excluding hydrogens is 371 g/mol. The number of allylic oxidation sites excluding steroid dienone is 1. The lowest BCUT2D eigenvalue weighted by Crippen LogP contribution is -2.30. The average Bonchev–Trinajstić information content (AvgIpc) is 2.79. The van der Waals surface area contributed by atoms with Crippen molar-refractivity contribution in [3.05, 3.63) is 41.6 Å². The first kappa shape index (κ1) is 19.3. The zero-order chi connectivity index (χ0) is 17.9. The largest absolute Gasteiger partial charge is 0.371 e. The normalized spacial score (nSPS) is 17.0. The number of benzene rings is 1. The number of anilines is 1. The second kappa shape index (κ2) is 7.89. The van der Waals surface area contributed by atoms with Crippen LogP contribution < -0.4 is 4.90 Å². The number of alkyl halides is 2. The first-order chi connectivity index (χ1) is 11.2. The molecule has 0 bridgehead atoms. The van der Waals surface area contributed by atoms with Crippen LogP contribution in [0.1, 0.15) is 18.1 Å². The van der Waals surface area contributed by atoms with Crippen molar-refractivity contribution in [2.75, 3.05) is 17.3 Å². The number of amidine groups is 1. The standard InChI is InChI=1S/C16H18Cl2N2O3S/c1-10(2)19-15-20(14(21)8-24-15)13-6-11(3)4-5-12(13)7-23-9-16(17,18)22/h4-6,22H,1,7-9H2,2-3H3. The lowest BCUT2D eigenvalue weighted by Gasteiger charge is -2.21.